The summed E-state index contributed by atoms with van der Waals surface area (Å²) in [5, 5.41) is 4.00. The molecule has 0 aliphatic carbocycles. The molecule has 21 heavy (non-hydrogen) atoms. The fourth-order valence-electron chi connectivity index (χ4n) is 2.83. The smallest absolute Gasteiger partial charge is 0.244 e. The highest BCUT2D eigenvalue weighted by molar-refractivity contribution is 5.16. The molecular weight excluding hydrogens is 269 g/mol. The van der Waals surface area contributed by atoms with Crippen molar-refractivity contribution in [3.05, 3.63) is 47.4 Å². The van der Waals surface area contributed by atoms with Crippen LogP contribution in [0.2, 0.25) is 0 Å². The Morgan fingerprint density at radius 1 is 1.29 bits per heavy atom. The zero-order chi connectivity index (χ0) is 14.7. The highest BCUT2D eigenvalue weighted by Gasteiger charge is 2.28. The largest absolute Gasteiger partial charge is 0.338 e. The Balaban J connectivity index is 1.76. The summed E-state index contributed by atoms with van der Waals surface area (Å²) < 4.78 is 18.4. The molecule has 1 saturated heterocycles. The second-order valence-corrected chi connectivity index (χ2v) is 5.51. The van der Waals surface area contributed by atoms with Crippen molar-refractivity contribution < 1.29 is 8.91 Å². The predicted octanol–water partition coefficient (Wildman–Crippen LogP) is 3.50. The lowest BCUT2D eigenvalue weighted by atomic mass is 10.0. The summed E-state index contributed by atoms with van der Waals surface area (Å²) in [6, 6.07) is 6.88. The number of benzene rings is 1. The van der Waals surface area contributed by atoms with Gasteiger partial charge in [-0.1, -0.05) is 30.6 Å². The maximum absolute atomic E-state index is 13.0. The van der Waals surface area contributed by atoms with Gasteiger partial charge in [0.2, 0.25) is 5.89 Å². The van der Waals surface area contributed by atoms with Gasteiger partial charge in [0.25, 0.3) is 0 Å². The summed E-state index contributed by atoms with van der Waals surface area (Å²) >= 11 is 0. The van der Waals surface area contributed by atoms with Crippen molar-refractivity contribution in [2.75, 3.05) is 6.54 Å². The fourth-order valence-corrected chi connectivity index (χ4v) is 2.83. The van der Waals surface area contributed by atoms with Crippen molar-refractivity contribution in [1.29, 1.82) is 0 Å². The number of halogens is 1. The summed E-state index contributed by atoms with van der Waals surface area (Å²) in [4.78, 5) is 6.83. The van der Waals surface area contributed by atoms with Gasteiger partial charge in [-0.2, -0.15) is 4.98 Å². The highest BCUT2D eigenvalue weighted by Crippen LogP contribution is 2.31. The Morgan fingerprint density at radius 3 is 2.81 bits per heavy atom. The molecule has 0 radical (unpaired) electrons. The number of piperidine rings is 1. The van der Waals surface area contributed by atoms with Gasteiger partial charge in [0.1, 0.15) is 5.82 Å². The Kier molecular flexibility index (Phi) is 4.29. The minimum absolute atomic E-state index is 0.177. The second-order valence-electron chi connectivity index (χ2n) is 5.51. The van der Waals surface area contributed by atoms with Crippen molar-refractivity contribution in [1.82, 2.24) is 15.0 Å². The maximum Gasteiger partial charge on any atom is 0.244 e. The van der Waals surface area contributed by atoms with Crippen LogP contribution in [-0.4, -0.2) is 21.6 Å². The normalized spacial score (nSPS) is 19.8. The van der Waals surface area contributed by atoms with Crippen molar-refractivity contribution in [2.24, 2.45) is 0 Å². The molecule has 0 bridgehead atoms. The molecule has 1 aliphatic heterocycles. The van der Waals surface area contributed by atoms with Crippen LogP contribution < -0.4 is 0 Å². The lowest BCUT2D eigenvalue weighted by molar-refractivity contribution is 0.111. The van der Waals surface area contributed by atoms with Gasteiger partial charge in [-0.25, -0.2) is 4.39 Å². The molecule has 4 nitrogen and oxygen atoms in total. The van der Waals surface area contributed by atoms with Crippen molar-refractivity contribution >= 4 is 0 Å². The number of aryl methyl sites for hydroxylation is 1. The monoisotopic (exact) mass is 289 g/mol. The minimum atomic E-state index is -0.196. The van der Waals surface area contributed by atoms with Gasteiger partial charge in [-0.3, -0.25) is 4.90 Å². The van der Waals surface area contributed by atoms with Crippen molar-refractivity contribution in [3.63, 3.8) is 0 Å². The van der Waals surface area contributed by atoms with E-state index >= 15 is 0 Å². The van der Waals surface area contributed by atoms with E-state index in [1.807, 2.05) is 19.1 Å². The molecule has 0 amide bonds. The lowest BCUT2D eigenvalue weighted by Gasteiger charge is -2.33. The Morgan fingerprint density at radius 2 is 2.10 bits per heavy atom. The summed E-state index contributed by atoms with van der Waals surface area (Å²) in [7, 11) is 0. The number of hydrogen-bond acceptors (Lipinski definition) is 4. The third kappa shape index (κ3) is 3.29. The quantitative estimate of drug-likeness (QED) is 0.864. The molecule has 1 fully saturated rings. The molecule has 2 heterocycles. The molecule has 2 aromatic rings. The van der Waals surface area contributed by atoms with E-state index in [2.05, 4.69) is 15.0 Å². The van der Waals surface area contributed by atoms with Gasteiger partial charge in [-0.15, -0.1) is 0 Å². The van der Waals surface area contributed by atoms with Crippen LogP contribution in [0.4, 0.5) is 4.39 Å². The first-order valence-electron chi connectivity index (χ1n) is 7.57. The number of likely N-dealkylation sites (tertiary alicyclic amines) is 1. The van der Waals surface area contributed by atoms with Crippen LogP contribution in [0.5, 0.6) is 0 Å². The third-order valence-electron chi connectivity index (χ3n) is 4.00. The van der Waals surface area contributed by atoms with Crippen LogP contribution >= 0.6 is 0 Å². The van der Waals surface area contributed by atoms with Crippen LogP contribution in [0.25, 0.3) is 0 Å². The molecule has 1 atom stereocenters. The fraction of sp³-hybridized carbons (Fsp3) is 0.500. The first-order chi connectivity index (χ1) is 10.3. The Bertz CT molecular complexity index is 581. The van der Waals surface area contributed by atoms with E-state index in [9.17, 15) is 4.39 Å². The molecule has 1 aromatic carbocycles. The molecule has 3 rings (SSSR count). The first kappa shape index (κ1) is 14.2. The summed E-state index contributed by atoms with van der Waals surface area (Å²) in [5.41, 5.74) is 1.11. The van der Waals surface area contributed by atoms with Crippen molar-refractivity contribution in [2.45, 2.75) is 45.2 Å². The first-order valence-corrected chi connectivity index (χ1v) is 7.57. The van der Waals surface area contributed by atoms with Crippen LogP contribution in [0.15, 0.2) is 28.8 Å². The topological polar surface area (TPSA) is 42.2 Å². The average molecular weight is 289 g/mol. The number of hydrogen-bond donors (Lipinski definition) is 0. The molecule has 0 N–H and O–H groups in total. The van der Waals surface area contributed by atoms with E-state index in [1.165, 1.54) is 25.0 Å². The average Bonchev–Trinajstić information content (AvgIpc) is 2.99. The van der Waals surface area contributed by atoms with Gasteiger partial charge >= 0.3 is 0 Å². The standard InChI is InChI=1S/C16H20FN3O/c1-2-15-18-16(21-19-15)14-5-3-4-10-20(14)11-12-6-8-13(17)9-7-12/h6-9,14H,2-5,10-11H2,1H3. The van der Waals surface area contributed by atoms with Crippen LogP contribution in [0.3, 0.4) is 0 Å². The predicted molar refractivity (Wildman–Crippen MR) is 77.1 cm³/mol. The van der Waals surface area contributed by atoms with Crippen LogP contribution in [0, 0.1) is 5.82 Å². The second kappa shape index (κ2) is 6.35. The molecule has 0 saturated carbocycles. The lowest BCUT2D eigenvalue weighted by Crippen LogP contribution is -2.33. The summed E-state index contributed by atoms with van der Waals surface area (Å²) in [6.45, 7) is 3.81. The van der Waals surface area contributed by atoms with E-state index < -0.39 is 0 Å². The Labute approximate surface area is 124 Å². The van der Waals surface area contributed by atoms with E-state index in [0.717, 1.165) is 37.3 Å². The number of aromatic nitrogens is 2. The molecule has 1 aromatic heterocycles. The van der Waals surface area contributed by atoms with Crippen LogP contribution in [0.1, 0.15) is 49.5 Å². The summed E-state index contributed by atoms with van der Waals surface area (Å²) in [5.74, 6) is 1.28. The van der Waals surface area contributed by atoms with E-state index in [-0.39, 0.29) is 11.9 Å². The van der Waals surface area contributed by atoms with Gasteiger partial charge in [0.15, 0.2) is 5.82 Å². The van der Waals surface area contributed by atoms with Gasteiger partial charge in [0.05, 0.1) is 6.04 Å². The van der Waals surface area contributed by atoms with E-state index in [4.69, 9.17) is 4.52 Å². The van der Waals surface area contributed by atoms with Crippen LogP contribution in [-0.2, 0) is 13.0 Å². The molecule has 112 valence electrons. The van der Waals surface area contributed by atoms with E-state index in [1.54, 1.807) is 0 Å². The minimum Gasteiger partial charge on any atom is -0.338 e. The van der Waals surface area contributed by atoms with E-state index in [0.29, 0.717) is 5.89 Å². The maximum atomic E-state index is 13.0. The van der Waals surface area contributed by atoms with Gasteiger partial charge in [-0.05, 0) is 37.1 Å². The molecule has 0 spiro atoms. The molecule has 1 unspecified atom stereocenters. The van der Waals surface area contributed by atoms with Gasteiger partial charge < -0.3 is 4.52 Å². The number of nitrogens with zero attached hydrogens (tertiary/aromatic N) is 3. The van der Waals surface area contributed by atoms with Crippen molar-refractivity contribution in [3.8, 4) is 0 Å². The third-order valence-corrected chi connectivity index (χ3v) is 4.00. The number of rotatable bonds is 4. The van der Waals surface area contributed by atoms with Gasteiger partial charge in [0, 0.05) is 13.0 Å². The summed E-state index contributed by atoms with van der Waals surface area (Å²) in [6.07, 6.45) is 4.17. The highest BCUT2D eigenvalue weighted by atomic mass is 19.1. The molecule has 1 aliphatic rings. The SMILES string of the molecule is CCc1noc(C2CCCCN2Cc2ccc(F)cc2)n1. The Hall–Kier alpha value is -1.75. The molecule has 5 heteroatoms. The zero-order valence-electron chi connectivity index (χ0n) is 12.3. The molecular formula is C16H20FN3O. The zero-order valence-corrected chi connectivity index (χ0v) is 12.3.